The molecule has 3 aromatic carbocycles. The van der Waals surface area contributed by atoms with E-state index >= 15 is 0 Å². The monoisotopic (exact) mass is 305 g/mol. The molecular formula is C19H14FN2O. The highest BCUT2D eigenvalue weighted by molar-refractivity contribution is 6.10. The van der Waals surface area contributed by atoms with Crippen LogP contribution < -0.4 is 10.5 Å². The summed E-state index contributed by atoms with van der Waals surface area (Å²) >= 11 is 0. The molecule has 0 aliphatic heterocycles. The Morgan fingerprint density at radius 3 is 2.78 bits per heavy atom. The second-order valence-electron chi connectivity index (χ2n) is 5.38. The number of anilines is 1. The van der Waals surface area contributed by atoms with Gasteiger partial charge in [-0.1, -0.05) is 18.2 Å². The summed E-state index contributed by atoms with van der Waals surface area (Å²) in [5.74, 6) is 0.413. The van der Waals surface area contributed by atoms with Gasteiger partial charge in [0.2, 0.25) is 0 Å². The molecule has 2 N–H and O–H groups in total. The van der Waals surface area contributed by atoms with Crippen LogP contribution in [0.4, 0.5) is 10.1 Å². The summed E-state index contributed by atoms with van der Waals surface area (Å²) in [5, 5.41) is 3.04. The average Bonchev–Trinajstić information content (AvgIpc) is 2.98. The summed E-state index contributed by atoms with van der Waals surface area (Å²) in [4.78, 5) is 0. The highest BCUT2D eigenvalue weighted by Gasteiger charge is 2.12. The van der Waals surface area contributed by atoms with Crippen LogP contribution in [0.5, 0.6) is 5.75 Å². The van der Waals surface area contributed by atoms with Gasteiger partial charge in [0.1, 0.15) is 11.6 Å². The van der Waals surface area contributed by atoms with Gasteiger partial charge in [-0.15, -0.1) is 0 Å². The first-order valence-electron chi connectivity index (χ1n) is 7.23. The van der Waals surface area contributed by atoms with Crippen molar-refractivity contribution in [3.63, 3.8) is 0 Å². The second kappa shape index (κ2) is 5.02. The molecule has 113 valence electrons. The largest absolute Gasteiger partial charge is 0.496 e. The highest BCUT2D eigenvalue weighted by Crippen LogP contribution is 2.34. The van der Waals surface area contributed by atoms with Crippen molar-refractivity contribution in [3.8, 4) is 11.4 Å². The standard InChI is InChI=1S/C19H14FN2O/c1-23-18-4-2-3-12-5-7-16-14(19(12)18)9-10-22(16)17-8-6-13(21)11-15(17)20/h2-9,11H,21H2,1H3. The van der Waals surface area contributed by atoms with Crippen molar-refractivity contribution in [2.24, 2.45) is 0 Å². The molecule has 4 aromatic rings. The van der Waals surface area contributed by atoms with Gasteiger partial charge in [0, 0.05) is 16.5 Å². The minimum atomic E-state index is -0.376. The molecule has 0 atom stereocenters. The second-order valence-corrected chi connectivity index (χ2v) is 5.38. The fraction of sp³-hybridized carbons (Fsp3) is 0.0526. The summed E-state index contributed by atoms with van der Waals surface area (Å²) in [6, 6.07) is 16.4. The minimum Gasteiger partial charge on any atom is -0.496 e. The van der Waals surface area contributed by atoms with E-state index in [-0.39, 0.29) is 5.82 Å². The molecule has 0 saturated carbocycles. The van der Waals surface area contributed by atoms with E-state index in [4.69, 9.17) is 10.5 Å². The molecule has 1 heterocycles. The highest BCUT2D eigenvalue weighted by atomic mass is 19.1. The lowest BCUT2D eigenvalue weighted by molar-refractivity contribution is 0.420. The van der Waals surface area contributed by atoms with E-state index in [0.717, 1.165) is 27.4 Å². The van der Waals surface area contributed by atoms with Crippen molar-refractivity contribution < 1.29 is 9.13 Å². The Labute approximate surface area is 132 Å². The maximum absolute atomic E-state index is 14.3. The molecule has 0 bridgehead atoms. The van der Waals surface area contributed by atoms with Gasteiger partial charge in [-0.2, -0.15) is 0 Å². The lowest BCUT2D eigenvalue weighted by atomic mass is 10.1. The smallest absolute Gasteiger partial charge is 0.149 e. The van der Waals surface area contributed by atoms with Crippen LogP contribution >= 0.6 is 0 Å². The Morgan fingerprint density at radius 2 is 2.00 bits per heavy atom. The number of hydrogen-bond acceptors (Lipinski definition) is 2. The van der Waals surface area contributed by atoms with Crippen molar-refractivity contribution in [1.29, 1.82) is 0 Å². The van der Waals surface area contributed by atoms with E-state index in [1.807, 2.05) is 36.4 Å². The summed E-state index contributed by atoms with van der Waals surface area (Å²) in [6.07, 6.45) is 3.11. The Morgan fingerprint density at radius 1 is 1.13 bits per heavy atom. The quantitative estimate of drug-likeness (QED) is 0.560. The number of halogens is 1. The van der Waals surface area contributed by atoms with Crippen LogP contribution in [0, 0.1) is 12.0 Å². The Bertz CT molecular complexity index is 1040. The molecule has 1 aromatic heterocycles. The number of aromatic nitrogens is 1. The predicted octanol–water partition coefficient (Wildman–Crippen LogP) is 4.31. The zero-order valence-electron chi connectivity index (χ0n) is 12.5. The van der Waals surface area contributed by atoms with Gasteiger partial charge in [0.15, 0.2) is 0 Å². The molecule has 3 nitrogen and oxygen atoms in total. The maximum atomic E-state index is 14.3. The van der Waals surface area contributed by atoms with E-state index in [9.17, 15) is 4.39 Å². The van der Waals surface area contributed by atoms with Crippen molar-refractivity contribution in [1.82, 2.24) is 4.57 Å². The molecule has 0 unspecified atom stereocenters. The molecule has 23 heavy (non-hydrogen) atoms. The van der Waals surface area contributed by atoms with Crippen LogP contribution in [-0.2, 0) is 0 Å². The van der Waals surface area contributed by atoms with Crippen LogP contribution in [0.2, 0.25) is 0 Å². The molecule has 4 rings (SSSR count). The van der Waals surface area contributed by atoms with Crippen LogP contribution in [0.15, 0.2) is 54.6 Å². The van der Waals surface area contributed by atoms with E-state index in [0.29, 0.717) is 11.4 Å². The van der Waals surface area contributed by atoms with Gasteiger partial charge in [-0.3, -0.25) is 0 Å². The fourth-order valence-corrected chi connectivity index (χ4v) is 2.98. The van der Waals surface area contributed by atoms with Crippen molar-refractivity contribution in [2.45, 2.75) is 0 Å². The van der Waals surface area contributed by atoms with Crippen molar-refractivity contribution >= 4 is 27.4 Å². The molecule has 0 saturated heterocycles. The molecule has 0 aliphatic rings. The van der Waals surface area contributed by atoms with Gasteiger partial charge in [0.05, 0.1) is 24.5 Å². The molecular weight excluding hydrogens is 291 g/mol. The zero-order valence-corrected chi connectivity index (χ0v) is 12.5. The number of nitrogens with two attached hydrogens (primary N) is 1. The number of methoxy groups -OCH3 is 1. The third-order valence-corrected chi connectivity index (χ3v) is 4.04. The summed E-state index contributed by atoms with van der Waals surface area (Å²) in [5.41, 5.74) is 7.31. The van der Waals surface area contributed by atoms with Gasteiger partial charge < -0.3 is 15.0 Å². The molecule has 0 aliphatic carbocycles. The van der Waals surface area contributed by atoms with Gasteiger partial charge >= 0.3 is 0 Å². The van der Waals surface area contributed by atoms with Gasteiger partial charge in [-0.25, -0.2) is 4.39 Å². The summed E-state index contributed by atoms with van der Waals surface area (Å²) in [6.45, 7) is 0. The predicted molar refractivity (Wildman–Crippen MR) is 90.5 cm³/mol. The fourth-order valence-electron chi connectivity index (χ4n) is 2.98. The van der Waals surface area contributed by atoms with E-state index in [2.05, 4.69) is 6.20 Å². The van der Waals surface area contributed by atoms with Crippen molar-refractivity contribution in [2.75, 3.05) is 12.8 Å². The lowest BCUT2D eigenvalue weighted by Gasteiger charge is -2.10. The number of ether oxygens (including phenoxy) is 1. The Kier molecular flexibility index (Phi) is 2.98. The van der Waals surface area contributed by atoms with Crippen LogP contribution in [-0.4, -0.2) is 11.7 Å². The Hall–Kier alpha value is -3.01. The number of hydrogen-bond donors (Lipinski definition) is 1. The first kappa shape index (κ1) is 13.6. The third-order valence-electron chi connectivity index (χ3n) is 4.04. The lowest BCUT2D eigenvalue weighted by Crippen LogP contribution is -1.98. The normalized spacial score (nSPS) is 11.2. The van der Waals surface area contributed by atoms with Crippen LogP contribution in [0.1, 0.15) is 0 Å². The van der Waals surface area contributed by atoms with Crippen molar-refractivity contribution in [3.05, 3.63) is 66.6 Å². The number of fused-ring (bicyclic) bond motifs is 3. The number of benzene rings is 3. The van der Waals surface area contributed by atoms with Gasteiger partial charge in [-0.05, 0) is 41.8 Å². The molecule has 1 radical (unpaired) electrons. The van der Waals surface area contributed by atoms with Crippen LogP contribution in [0.25, 0.3) is 27.4 Å². The van der Waals surface area contributed by atoms with Crippen LogP contribution in [0.3, 0.4) is 0 Å². The first-order chi connectivity index (χ1) is 11.2. The number of nitrogen functional groups attached to an aromatic ring is 1. The van der Waals surface area contributed by atoms with Gasteiger partial charge in [0.25, 0.3) is 0 Å². The summed E-state index contributed by atoms with van der Waals surface area (Å²) in [7, 11) is 1.65. The molecule has 4 heteroatoms. The SMILES string of the molecule is COc1cccc2ccc3c(c[c]n3-c3ccc(N)cc3F)c12. The Balaban J connectivity index is 2.06. The van der Waals surface area contributed by atoms with E-state index < -0.39 is 0 Å². The molecule has 0 fully saturated rings. The average molecular weight is 305 g/mol. The van der Waals surface area contributed by atoms with E-state index in [1.54, 1.807) is 23.8 Å². The molecule has 0 spiro atoms. The number of nitrogens with zero attached hydrogens (tertiary/aromatic N) is 1. The topological polar surface area (TPSA) is 40.2 Å². The summed E-state index contributed by atoms with van der Waals surface area (Å²) < 4.78 is 21.4. The zero-order chi connectivity index (χ0) is 16.0. The first-order valence-corrected chi connectivity index (χ1v) is 7.23. The molecule has 0 amide bonds. The maximum Gasteiger partial charge on any atom is 0.149 e. The van der Waals surface area contributed by atoms with E-state index in [1.165, 1.54) is 6.07 Å². The third kappa shape index (κ3) is 2.03. The minimum absolute atomic E-state index is 0.376. The number of rotatable bonds is 2.